The SMILES string of the molecule is CC(C)(C)OC(=O)N1CCC[C@@](F)(C(=O)OC(C)(C)C)CC1. The van der Waals surface area contributed by atoms with Crippen LogP contribution in [0.3, 0.4) is 0 Å². The number of alkyl halides is 1. The highest BCUT2D eigenvalue weighted by Gasteiger charge is 2.44. The van der Waals surface area contributed by atoms with E-state index in [2.05, 4.69) is 0 Å². The van der Waals surface area contributed by atoms with Gasteiger partial charge in [0.05, 0.1) is 0 Å². The number of ether oxygens (including phenoxy) is 2. The molecule has 0 unspecified atom stereocenters. The average molecular weight is 317 g/mol. The van der Waals surface area contributed by atoms with Crippen molar-refractivity contribution < 1.29 is 23.5 Å². The molecule has 5 nitrogen and oxygen atoms in total. The van der Waals surface area contributed by atoms with Gasteiger partial charge in [0, 0.05) is 19.5 Å². The minimum absolute atomic E-state index is 0.0568. The predicted octanol–water partition coefficient (Wildman–Crippen LogP) is 3.46. The van der Waals surface area contributed by atoms with E-state index in [-0.39, 0.29) is 19.4 Å². The van der Waals surface area contributed by atoms with Gasteiger partial charge in [-0.15, -0.1) is 0 Å². The Labute approximate surface area is 132 Å². The summed E-state index contributed by atoms with van der Waals surface area (Å²) in [6.07, 6.45) is -0.0851. The maximum Gasteiger partial charge on any atom is 0.410 e. The lowest BCUT2D eigenvalue weighted by molar-refractivity contribution is -0.170. The molecule has 1 rings (SSSR count). The Balaban J connectivity index is 2.68. The lowest BCUT2D eigenvalue weighted by atomic mass is 9.97. The molecule has 0 aromatic rings. The first-order chi connectivity index (χ1) is 9.82. The molecule has 0 aliphatic carbocycles. The van der Waals surface area contributed by atoms with Gasteiger partial charge in [0.1, 0.15) is 11.2 Å². The number of amides is 1. The van der Waals surface area contributed by atoms with Gasteiger partial charge in [-0.3, -0.25) is 0 Å². The van der Waals surface area contributed by atoms with Crippen molar-refractivity contribution in [1.82, 2.24) is 4.90 Å². The molecular formula is C16H28FNO4. The van der Waals surface area contributed by atoms with Crippen molar-refractivity contribution in [2.75, 3.05) is 13.1 Å². The van der Waals surface area contributed by atoms with Gasteiger partial charge in [0.25, 0.3) is 0 Å². The minimum atomic E-state index is -2.04. The van der Waals surface area contributed by atoms with Crippen LogP contribution in [-0.2, 0) is 14.3 Å². The molecule has 0 spiro atoms. The topological polar surface area (TPSA) is 55.8 Å². The van der Waals surface area contributed by atoms with Crippen LogP contribution in [0.15, 0.2) is 0 Å². The Morgan fingerprint density at radius 3 is 2.00 bits per heavy atom. The van der Waals surface area contributed by atoms with E-state index in [9.17, 15) is 14.0 Å². The van der Waals surface area contributed by atoms with Crippen LogP contribution in [0.5, 0.6) is 0 Å². The van der Waals surface area contributed by atoms with Gasteiger partial charge in [0.15, 0.2) is 0 Å². The van der Waals surface area contributed by atoms with E-state index in [1.54, 1.807) is 41.5 Å². The quantitative estimate of drug-likeness (QED) is 0.695. The van der Waals surface area contributed by atoms with Gasteiger partial charge in [-0.2, -0.15) is 0 Å². The molecule has 0 aromatic carbocycles. The Bertz CT molecular complexity index is 425. The molecule has 0 N–H and O–H groups in total. The van der Waals surface area contributed by atoms with Crippen molar-refractivity contribution in [2.45, 2.75) is 77.7 Å². The van der Waals surface area contributed by atoms with E-state index in [1.165, 1.54) is 4.90 Å². The number of rotatable bonds is 1. The zero-order valence-corrected chi connectivity index (χ0v) is 14.5. The number of halogens is 1. The molecule has 6 heteroatoms. The fraction of sp³-hybridized carbons (Fsp3) is 0.875. The summed E-state index contributed by atoms with van der Waals surface area (Å²) in [5, 5.41) is 0. The monoisotopic (exact) mass is 317 g/mol. The third-order valence-corrected chi connectivity index (χ3v) is 3.20. The Hall–Kier alpha value is -1.33. The zero-order valence-electron chi connectivity index (χ0n) is 14.5. The number of hydrogen-bond acceptors (Lipinski definition) is 4. The Morgan fingerprint density at radius 1 is 0.955 bits per heavy atom. The molecule has 1 amide bonds. The molecule has 0 radical (unpaired) electrons. The second-order valence-electron chi connectivity index (χ2n) is 7.79. The zero-order chi connectivity index (χ0) is 17.2. The summed E-state index contributed by atoms with van der Waals surface area (Å²) in [6.45, 7) is 11.0. The Kier molecular flexibility index (Phi) is 5.47. The summed E-state index contributed by atoms with van der Waals surface area (Å²) in [5.41, 5.74) is -3.36. The lowest BCUT2D eigenvalue weighted by Crippen LogP contribution is -2.42. The number of carbonyl (C=O) groups is 2. The van der Waals surface area contributed by atoms with E-state index in [1.807, 2.05) is 0 Å². The van der Waals surface area contributed by atoms with E-state index in [0.717, 1.165) is 0 Å². The summed E-state index contributed by atoms with van der Waals surface area (Å²) >= 11 is 0. The number of nitrogens with zero attached hydrogens (tertiary/aromatic N) is 1. The predicted molar refractivity (Wildman–Crippen MR) is 81.3 cm³/mol. The van der Waals surface area contributed by atoms with Crippen molar-refractivity contribution in [3.8, 4) is 0 Å². The summed E-state index contributed by atoms with van der Waals surface area (Å²) in [7, 11) is 0. The van der Waals surface area contributed by atoms with Crippen molar-refractivity contribution in [3.05, 3.63) is 0 Å². The molecule has 22 heavy (non-hydrogen) atoms. The van der Waals surface area contributed by atoms with Crippen LogP contribution in [0, 0.1) is 0 Å². The van der Waals surface area contributed by atoms with Gasteiger partial charge in [-0.25, -0.2) is 14.0 Å². The second kappa shape index (κ2) is 6.42. The normalized spacial score (nSPS) is 23.7. The maximum absolute atomic E-state index is 14.9. The summed E-state index contributed by atoms with van der Waals surface area (Å²) in [4.78, 5) is 25.6. The summed E-state index contributed by atoms with van der Waals surface area (Å²) in [5.74, 6) is -0.842. The molecule has 1 atom stereocenters. The summed E-state index contributed by atoms with van der Waals surface area (Å²) in [6, 6.07) is 0. The molecule has 128 valence electrons. The van der Waals surface area contributed by atoms with Crippen molar-refractivity contribution in [1.29, 1.82) is 0 Å². The first-order valence-corrected chi connectivity index (χ1v) is 7.73. The van der Waals surface area contributed by atoms with E-state index >= 15 is 0 Å². The van der Waals surface area contributed by atoms with Crippen molar-refractivity contribution >= 4 is 12.1 Å². The average Bonchev–Trinajstić information content (AvgIpc) is 2.48. The summed E-state index contributed by atoms with van der Waals surface area (Å²) < 4.78 is 25.3. The van der Waals surface area contributed by atoms with Crippen LogP contribution in [0.2, 0.25) is 0 Å². The first-order valence-electron chi connectivity index (χ1n) is 7.73. The van der Waals surface area contributed by atoms with Crippen LogP contribution in [0.4, 0.5) is 9.18 Å². The maximum atomic E-state index is 14.9. The van der Waals surface area contributed by atoms with Crippen LogP contribution in [-0.4, -0.2) is 46.9 Å². The highest BCUT2D eigenvalue weighted by molar-refractivity contribution is 5.80. The van der Waals surface area contributed by atoms with E-state index in [4.69, 9.17) is 9.47 Å². The molecule has 1 aliphatic heterocycles. The van der Waals surface area contributed by atoms with E-state index in [0.29, 0.717) is 13.0 Å². The highest BCUT2D eigenvalue weighted by atomic mass is 19.1. The van der Waals surface area contributed by atoms with Gasteiger partial charge >= 0.3 is 12.1 Å². The van der Waals surface area contributed by atoms with Crippen LogP contribution in [0.25, 0.3) is 0 Å². The molecule has 0 saturated carbocycles. The second-order valence-corrected chi connectivity index (χ2v) is 7.79. The van der Waals surface area contributed by atoms with Gasteiger partial charge < -0.3 is 14.4 Å². The number of carbonyl (C=O) groups excluding carboxylic acids is 2. The molecule has 1 saturated heterocycles. The molecule has 0 bridgehead atoms. The third-order valence-electron chi connectivity index (χ3n) is 3.20. The molecule has 1 aliphatic rings. The number of esters is 1. The molecule has 1 fully saturated rings. The van der Waals surface area contributed by atoms with Crippen molar-refractivity contribution in [2.24, 2.45) is 0 Å². The lowest BCUT2D eigenvalue weighted by Gasteiger charge is -2.28. The smallest absolute Gasteiger partial charge is 0.410 e. The third kappa shape index (κ3) is 5.81. The fourth-order valence-electron chi connectivity index (χ4n) is 2.18. The van der Waals surface area contributed by atoms with Crippen molar-refractivity contribution in [3.63, 3.8) is 0 Å². The van der Waals surface area contributed by atoms with Gasteiger partial charge in [-0.05, 0) is 54.4 Å². The molecular weight excluding hydrogens is 289 g/mol. The minimum Gasteiger partial charge on any atom is -0.458 e. The number of hydrogen-bond donors (Lipinski definition) is 0. The highest BCUT2D eigenvalue weighted by Crippen LogP contribution is 2.30. The van der Waals surface area contributed by atoms with Gasteiger partial charge in [-0.1, -0.05) is 0 Å². The largest absolute Gasteiger partial charge is 0.458 e. The first kappa shape index (κ1) is 18.7. The van der Waals surface area contributed by atoms with Gasteiger partial charge in [0.2, 0.25) is 5.67 Å². The number of likely N-dealkylation sites (tertiary alicyclic amines) is 1. The van der Waals surface area contributed by atoms with E-state index < -0.39 is 28.9 Å². The molecule has 1 heterocycles. The van der Waals surface area contributed by atoms with Crippen LogP contribution in [0.1, 0.15) is 60.8 Å². The van der Waals surface area contributed by atoms with Crippen LogP contribution >= 0.6 is 0 Å². The van der Waals surface area contributed by atoms with Crippen LogP contribution < -0.4 is 0 Å². The Morgan fingerprint density at radius 2 is 1.50 bits per heavy atom. The molecule has 0 aromatic heterocycles. The standard InChI is InChI=1S/C16H28FNO4/c1-14(2,3)21-12(19)16(17)8-7-10-18(11-9-16)13(20)22-15(4,5)6/h7-11H2,1-6H3/t16-/m0/s1. The fourth-order valence-corrected chi connectivity index (χ4v) is 2.18.